The van der Waals surface area contributed by atoms with Crippen LogP contribution in [0.1, 0.15) is 19.9 Å². The lowest BCUT2D eigenvalue weighted by molar-refractivity contribution is 0.539. The van der Waals surface area contributed by atoms with Crippen molar-refractivity contribution in [3.05, 3.63) is 35.5 Å². The Morgan fingerprint density at radius 1 is 1.35 bits per heavy atom. The van der Waals surface area contributed by atoms with Gasteiger partial charge < -0.3 is 5.73 Å². The van der Waals surface area contributed by atoms with Crippen molar-refractivity contribution >= 4 is 33.1 Å². The highest BCUT2D eigenvalue weighted by Gasteiger charge is 2.20. The van der Waals surface area contributed by atoms with Gasteiger partial charge in [0, 0.05) is 17.1 Å². The lowest BCUT2D eigenvalue weighted by atomic mass is 10.3. The average molecular weight is 315 g/mol. The molecule has 1 heterocycles. The summed E-state index contributed by atoms with van der Waals surface area (Å²) in [7, 11) is -3.78. The molecule has 1 aromatic carbocycles. The second-order valence-corrected chi connectivity index (χ2v) is 6.63. The number of halogens is 1. The van der Waals surface area contributed by atoms with Gasteiger partial charge in [0.05, 0.1) is 11.9 Å². The number of nitrogens with zero attached hydrogens (tertiary/aromatic N) is 2. The van der Waals surface area contributed by atoms with E-state index in [1.54, 1.807) is 10.7 Å². The molecular formula is C12H15ClN4O2S. The molecule has 2 aromatic rings. The van der Waals surface area contributed by atoms with Gasteiger partial charge in [0.2, 0.25) is 0 Å². The molecule has 2 rings (SSSR count). The molecule has 0 saturated carbocycles. The molecule has 0 radical (unpaired) electrons. The van der Waals surface area contributed by atoms with Crippen molar-refractivity contribution < 1.29 is 8.42 Å². The highest BCUT2D eigenvalue weighted by atomic mass is 35.5. The Bertz CT molecular complexity index is 725. The molecule has 0 aliphatic carbocycles. The summed E-state index contributed by atoms with van der Waals surface area (Å²) in [6.07, 6.45) is 1.53. The van der Waals surface area contributed by atoms with Crippen LogP contribution in [0.5, 0.6) is 0 Å². The van der Waals surface area contributed by atoms with Crippen LogP contribution in [0.3, 0.4) is 0 Å². The van der Waals surface area contributed by atoms with Crippen molar-refractivity contribution in [2.24, 2.45) is 0 Å². The van der Waals surface area contributed by atoms with Gasteiger partial charge in [-0.05, 0) is 32.0 Å². The Kier molecular flexibility index (Phi) is 3.92. The second-order valence-electron chi connectivity index (χ2n) is 4.54. The SMILES string of the molecule is CC(C)n1nccc1NS(=O)(=O)c1ccc(Cl)cc1N. The zero-order valence-corrected chi connectivity index (χ0v) is 12.6. The van der Waals surface area contributed by atoms with Crippen LogP contribution in [-0.2, 0) is 10.0 Å². The van der Waals surface area contributed by atoms with E-state index in [-0.39, 0.29) is 16.6 Å². The molecule has 0 atom stereocenters. The number of benzene rings is 1. The monoisotopic (exact) mass is 314 g/mol. The molecular weight excluding hydrogens is 300 g/mol. The minimum atomic E-state index is -3.78. The predicted molar refractivity (Wildman–Crippen MR) is 79.3 cm³/mol. The molecule has 0 saturated heterocycles. The topological polar surface area (TPSA) is 90.0 Å². The lowest BCUT2D eigenvalue weighted by Crippen LogP contribution is -2.18. The van der Waals surface area contributed by atoms with Gasteiger partial charge >= 0.3 is 0 Å². The summed E-state index contributed by atoms with van der Waals surface area (Å²) in [5, 5.41) is 4.45. The van der Waals surface area contributed by atoms with Crippen molar-refractivity contribution in [3.63, 3.8) is 0 Å². The van der Waals surface area contributed by atoms with Gasteiger partial charge in [-0.2, -0.15) is 5.10 Å². The summed E-state index contributed by atoms with van der Waals surface area (Å²) in [6.45, 7) is 3.81. The summed E-state index contributed by atoms with van der Waals surface area (Å²) >= 11 is 5.77. The zero-order valence-electron chi connectivity index (χ0n) is 11.0. The number of rotatable bonds is 4. The van der Waals surface area contributed by atoms with E-state index in [1.807, 2.05) is 13.8 Å². The molecule has 3 N–H and O–H groups in total. The van der Waals surface area contributed by atoms with Crippen LogP contribution in [0.25, 0.3) is 0 Å². The predicted octanol–water partition coefficient (Wildman–Crippen LogP) is 2.50. The third kappa shape index (κ3) is 2.88. The number of nitrogens with two attached hydrogens (primary N) is 1. The standard InChI is InChI=1S/C12H15ClN4O2S/c1-8(2)17-12(5-6-15-17)16-20(18,19)11-4-3-9(13)7-10(11)14/h3-8,16H,14H2,1-2H3. The number of hydrogen-bond donors (Lipinski definition) is 2. The summed E-state index contributed by atoms with van der Waals surface area (Å²) in [5.41, 5.74) is 5.81. The lowest BCUT2D eigenvalue weighted by Gasteiger charge is -2.14. The molecule has 1 aromatic heterocycles. The van der Waals surface area contributed by atoms with Gasteiger partial charge in [-0.3, -0.25) is 4.72 Å². The molecule has 6 nitrogen and oxygen atoms in total. The van der Waals surface area contributed by atoms with E-state index in [0.29, 0.717) is 10.8 Å². The Morgan fingerprint density at radius 3 is 2.65 bits per heavy atom. The maximum atomic E-state index is 12.3. The van der Waals surface area contributed by atoms with E-state index in [1.165, 1.54) is 24.4 Å². The first kappa shape index (κ1) is 14.7. The Labute approximate surface area is 122 Å². The number of sulfonamides is 1. The average Bonchev–Trinajstić information content (AvgIpc) is 2.75. The zero-order chi connectivity index (χ0) is 14.9. The van der Waals surface area contributed by atoms with Crippen molar-refractivity contribution in [3.8, 4) is 0 Å². The van der Waals surface area contributed by atoms with Crippen LogP contribution in [0.4, 0.5) is 11.5 Å². The van der Waals surface area contributed by atoms with E-state index in [4.69, 9.17) is 17.3 Å². The van der Waals surface area contributed by atoms with Crippen molar-refractivity contribution in [1.29, 1.82) is 0 Å². The van der Waals surface area contributed by atoms with E-state index >= 15 is 0 Å². The molecule has 0 amide bonds. The van der Waals surface area contributed by atoms with Gasteiger partial charge in [0.15, 0.2) is 0 Å². The largest absolute Gasteiger partial charge is 0.398 e. The minimum absolute atomic E-state index is 0.0154. The van der Waals surface area contributed by atoms with Crippen molar-refractivity contribution in [2.45, 2.75) is 24.8 Å². The first-order valence-electron chi connectivity index (χ1n) is 5.92. The molecule has 0 aliphatic rings. The molecule has 108 valence electrons. The normalized spacial score (nSPS) is 11.8. The number of nitrogens with one attached hydrogen (secondary N) is 1. The smallest absolute Gasteiger partial charge is 0.265 e. The van der Waals surface area contributed by atoms with Gasteiger partial charge in [0.25, 0.3) is 10.0 Å². The van der Waals surface area contributed by atoms with Gasteiger partial charge in [-0.25, -0.2) is 13.1 Å². The number of hydrogen-bond acceptors (Lipinski definition) is 4. The Morgan fingerprint density at radius 2 is 2.05 bits per heavy atom. The molecule has 0 aliphatic heterocycles. The molecule has 8 heteroatoms. The molecule has 0 fully saturated rings. The fourth-order valence-corrected chi connectivity index (χ4v) is 3.11. The quantitative estimate of drug-likeness (QED) is 0.848. The summed E-state index contributed by atoms with van der Waals surface area (Å²) in [6, 6.07) is 5.87. The molecule has 0 spiro atoms. The van der Waals surface area contributed by atoms with Crippen LogP contribution in [-0.4, -0.2) is 18.2 Å². The number of aromatic nitrogens is 2. The van der Waals surface area contributed by atoms with E-state index in [2.05, 4.69) is 9.82 Å². The second kappa shape index (κ2) is 5.34. The Balaban J connectivity index is 2.38. The molecule has 20 heavy (non-hydrogen) atoms. The summed E-state index contributed by atoms with van der Waals surface area (Å²) < 4.78 is 28.7. The summed E-state index contributed by atoms with van der Waals surface area (Å²) in [5.74, 6) is 0.384. The van der Waals surface area contributed by atoms with Crippen LogP contribution in [0, 0.1) is 0 Å². The summed E-state index contributed by atoms with van der Waals surface area (Å²) in [4.78, 5) is -0.0154. The fraction of sp³-hybridized carbons (Fsp3) is 0.250. The van der Waals surface area contributed by atoms with Crippen molar-refractivity contribution in [2.75, 3.05) is 10.5 Å². The maximum Gasteiger partial charge on any atom is 0.265 e. The third-order valence-electron chi connectivity index (χ3n) is 2.66. The van der Waals surface area contributed by atoms with Gasteiger partial charge in [-0.1, -0.05) is 11.6 Å². The van der Waals surface area contributed by atoms with Gasteiger partial charge in [-0.15, -0.1) is 0 Å². The molecule has 0 bridgehead atoms. The van der Waals surface area contributed by atoms with E-state index in [9.17, 15) is 8.42 Å². The van der Waals surface area contributed by atoms with E-state index in [0.717, 1.165) is 0 Å². The highest BCUT2D eigenvalue weighted by molar-refractivity contribution is 7.92. The minimum Gasteiger partial charge on any atom is -0.398 e. The maximum absolute atomic E-state index is 12.3. The van der Waals surface area contributed by atoms with Gasteiger partial charge in [0.1, 0.15) is 10.7 Å². The van der Waals surface area contributed by atoms with Crippen LogP contribution < -0.4 is 10.5 Å². The molecule has 0 unspecified atom stereocenters. The number of anilines is 2. The number of nitrogen functional groups attached to an aromatic ring is 1. The highest BCUT2D eigenvalue weighted by Crippen LogP contribution is 2.25. The Hall–Kier alpha value is -1.73. The third-order valence-corrected chi connectivity index (χ3v) is 4.32. The fourth-order valence-electron chi connectivity index (χ4n) is 1.76. The van der Waals surface area contributed by atoms with Crippen LogP contribution in [0.15, 0.2) is 35.4 Å². The van der Waals surface area contributed by atoms with Crippen LogP contribution >= 0.6 is 11.6 Å². The van der Waals surface area contributed by atoms with E-state index < -0.39 is 10.0 Å². The van der Waals surface area contributed by atoms with Crippen LogP contribution in [0.2, 0.25) is 5.02 Å². The first-order chi connectivity index (χ1) is 9.31. The first-order valence-corrected chi connectivity index (χ1v) is 7.79. The van der Waals surface area contributed by atoms with Crippen molar-refractivity contribution in [1.82, 2.24) is 9.78 Å².